The minimum Gasteiger partial charge on any atom is -0.339 e. The van der Waals surface area contributed by atoms with Crippen LogP contribution in [0, 0.1) is 5.82 Å². The first-order chi connectivity index (χ1) is 9.97. The third-order valence-corrected chi connectivity index (χ3v) is 3.85. The number of rotatable bonds is 4. The first kappa shape index (κ1) is 15.5. The van der Waals surface area contributed by atoms with Crippen LogP contribution in [0.3, 0.4) is 0 Å². The van der Waals surface area contributed by atoms with Crippen molar-refractivity contribution >= 4 is 17.5 Å². The molecule has 0 saturated heterocycles. The van der Waals surface area contributed by atoms with E-state index in [1.165, 1.54) is 12.1 Å². The van der Waals surface area contributed by atoms with Gasteiger partial charge in [-0.05, 0) is 42.3 Å². The molecular formula is C17H17ClFNO. The van der Waals surface area contributed by atoms with E-state index in [1.54, 1.807) is 36.2 Å². The average molecular weight is 306 g/mol. The second kappa shape index (κ2) is 6.72. The zero-order valence-corrected chi connectivity index (χ0v) is 12.8. The van der Waals surface area contributed by atoms with Crippen molar-refractivity contribution in [2.75, 3.05) is 7.05 Å². The highest BCUT2D eigenvalue weighted by atomic mass is 35.5. The van der Waals surface area contributed by atoms with Crippen LogP contribution in [0.5, 0.6) is 0 Å². The van der Waals surface area contributed by atoms with Gasteiger partial charge in [0.1, 0.15) is 5.82 Å². The topological polar surface area (TPSA) is 20.3 Å². The number of carbonyl (C=O) groups excluding carboxylic acids is 1. The summed E-state index contributed by atoms with van der Waals surface area (Å²) in [6.45, 7) is 1.92. The Hall–Kier alpha value is -1.87. The molecule has 0 fully saturated rings. The molecule has 0 heterocycles. The minimum atomic E-state index is -0.277. The van der Waals surface area contributed by atoms with E-state index in [2.05, 4.69) is 0 Å². The lowest BCUT2D eigenvalue weighted by Crippen LogP contribution is -2.30. The predicted octanol–water partition coefficient (Wildman–Crippen LogP) is 4.24. The van der Waals surface area contributed by atoms with Crippen molar-refractivity contribution in [1.82, 2.24) is 4.90 Å². The van der Waals surface area contributed by atoms with E-state index < -0.39 is 0 Å². The predicted molar refractivity (Wildman–Crippen MR) is 82.7 cm³/mol. The molecule has 4 heteroatoms. The summed E-state index contributed by atoms with van der Waals surface area (Å²) in [5, 5.41) is 0.652. The van der Waals surface area contributed by atoms with Crippen molar-refractivity contribution in [3.63, 3.8) is 0 Å². The van der Waals surface area contributed by atoms with Crippen LogP contribution in [0.15, 0.2) is 48.5 Å². The van der Waals surface area contributed by atoms with Crippen LogP contribution in [0.4, 0.5) is 4.39 Å². The number of likely N-dealkylation sites (N-methyl/N-ethyl adjacent to an activating group) is 1. The Labute approximate surface area is 129 Å². The van der Waals surface area contributed by atoms with Gasteiger partial charge in [0.05, 0.1) is 12.5 Å². The maximum absolute atomic E-state index is 12.9. The van der Waals surface area contributed by atoms with Gasteiger partial charge in [-0.1, -0.05) is 35.9 Å². The van der Waals surface area contributed by atoms with Crippen LogP contribution in [-0.4, -0.2) is 17.9 Å². The Morgan fingerprint density at radius 3 is 2.29 bits per heavy atom. The standard InChI is InChI=1S/C17H17ClFNO/c1-12(14-5-9-16(19)10-6-14)20(2)17(21)11-13-3-7-15(18)8-4-13/h3-10,12H,11H2,1-2H3. The third-order valence-electron chi connectivity index (χ3n) is 3.60. The van der Waals surface area contributed by atoms with Gasteiger partial charge < -0.3 is 4.90 Å². The summed E-state index contributed by atoms with van der Waals surface area (Å²) in [7, 11) is 1.76. The van der Waals surface area contributed by atoms with Crippen molar-refractivity contribution in [3.05, 3.63) is 70.5 Å². The smallest absolute Gasteiger partial charge is 0.227 e. The summed E-state index contributed by atoms with van der Waals surface area (Å²) < 4.78 is 12.9. The zero-order valence-electron chi connectivity index (χ0n) is 12.0. The Kier molecular flexibility index (Phi) is 4.97. The fourth-order valence-electron chi connectivity index (χ4n) is 2.08. The molecule has 0 saturated carbocycles. The molecule has 0 aliphatic heterocycles. The van der Waals surface area contributed by atoms with E-state index in [4.69, 9.17) is 11.6 Å². The Morgan fingerprint density at radius 2 is 1.71 bits per heavy atom. The second-order valence-electron chi connectivity index (χ2n) is 5.04. The quantitative estimate of drug-likeness (QED) is 0.827. The highest BCUT2D eigenvalue weighted by molar-refractivity contribution is 6.30. The van der Waals surface area contributed by atoms with Crippen LogP contribution in [-0.2, 0) is 11.2 Å². The summed E-state index contributed by atoms with van der Waals surface area (Å²) in [5.74, 6) is -0.268. The molecule has 0 aliphatic carbocycles. The van der Waals surface area contributed by atoms with Crippen molar-refractivity contribution in [2.24, 2.45) is 0 Å². The van der Waals surface area contributed by atoms with Crippen LogP contribution in [0.2, 0.25) is 5.02 Å². The summed E-state index contributed by atoms with van der Waals surface area (Å²) in [4.78, 5) is 14.0. The van der Waals surface area contributed by atoms with E-state index in [0.29, 0.717) is 11.4 Å². The molecule has 21 heavy (non-hydrogen) atoms. The molecule has 0 aromatic heterocycles. The van der Waals surface area contributed by atoms with Gasteiger partial charge in [0.2, 0.25) is 5.91 Å². The largest absolute Gasteiger partial charge is 0.339 e. The van der Waals surface area contributed by atoms with Gasteiger partial charge in [-0.25, -0.2) is 4.39 Å². The lowest BCUT2D eigenvalue weighted by Gasteiger charge is -2.25. The molecule has 2 aromatic carbocycles. The highest BCUT2D eigenvalue weighted by Crippen LogP contribution is 2.20. The summed E-state index contributed by atoms with van der Waals surface area (Å²) >= 11 is 5.83. The van der Waals surface area contributed by atoms with Crippen molar-refractivity contribution in [1.29, 1.82) is 0 Å². The number of nitrogens with zero attached hydrogens (tertiary/aromatic N) is 1. The maximum Gasteiger partial charge on any atom is 0.227 e. The molecule has 1 atom stereocenters. The Bertz CT molecular complexity index is 610. The molecule has 1 amide bonds. The normalized spacial score (nSPS) is 12.0. The fraction of sp³-hybridized carbons (Fsp3) is 0.235. The van der Waals surface area contributed by atoms with Gasteiger partial charge in [-0.3, -0.25) is 4.79 Å². The number of hydrogen-bond acceptors (Lipinski definition) is 1. The molecule has 2 rings (SSSR count). The van der Waals surface area contributed by atoms with Crippen molar-refractivity contribution in [3.8, 4) is 0 Å². The zero-order chi connectivity index (χ0) is 15.4. The number of benzene rings is 2. The summed E-state index contributed by atoms with van der Waals surface area (Å²) in [5.41, 5.74) is 1.82. The van der Waals surface area contributed by atoms with E-state index in [-0.39, 0.29) is 17.8 Å². The first-order valence-corrected chi connectivity index (χ1v) is 7.10. The highest BCUT2D eigenvalue weighted by Gasteiger charge is 2.17. The first-order valence-electron chi connectivity index (χ1n) is 6.73. The Balaban J connectivity index is 2.04. The molecule has 0 spiro atoms. The monoisotopic (exact) mass is 305 g/mol. The van der Waals surface area contributed by atoms with E-state index in [1.807, 2.05) is 19.1 Å². The van der Waals surface area contributed by atoms with Crippen LogP contribution in [0.25, 0.3) is 0 Å². The van der Waals surface area contributed by atoms with E-state index in [0.717, 1.165) is 11.1 Å². The van der Waals surface area contributed by atoms with Gasteiger partial charge in [-0.15, -0.1) is 0 Å². The minimum absolute atomic E-state index is 0.00847. The van der Waals surface area contributed by atoms with Crippen molar-refractivity contribution in [2.45, 2.75) is 19.4 Å². The van der Waals surface area contributed by atoms with Gasteiger partial charge in [0.25, 0.3) is 0 Å². The number of carbonyl (C=O) groups is 1. The van der Waals surface area contributed by atoms with Gasteiger partial charge >= 0.3 is 0 Å². The van der Waals surface area contributed by atoms with Gasteiger partial charge in [0.15, 0.2) is 0 Å². The molecule has 1 unspecified atom stereocenters. The van der Waals surface area contributed by atoms with Crippen molar-refractivity contribution < 1.29 is 9.18 Å². The second-order valence-corrected chi connectivity index (χ2v) is 5.47. The van der Waals surface area contributed by atoms with E-state index >= 15 is 0 Å². The molecule has 0 radical (unpaired) electrons. The summed E-state index contributed by atoms with van der Waals surface area (Å²) in [6.07, 6.45) is 0.319. The van der Waals surface area contributed by atoms with Crippen LogP contribution in [0.1, 0.15) is 24.1 Å². The summed E-state index contributed by atoms with van der Waals surface area (Å²) in [6, 6.07) is 13.3. The molecule has 110 valence electrons. The molecule has 0 N–H and O–H groups in total. The average Bonchev–Trinajstić information content (AvgIpc) is 2.49. The van der Waals surface area contributed by atoms with Gasteiger partial charge in [-0.2, -0.15) is 0 Å². The third kappa shape index (κ3) is 4.05. The number of halogens is 2. The Morgan fingerprint density at radius 1 is 1.14 bits per heavy atom. The number of amides is 1. The van der Waals surface area contributed by atoms with Crippen LogP contribution >= 0.6 is 11.6 Å². The van der Waals surface area contributed by atoms with Gasteiger partial charge in [0, 0.05) is 12.1 Å². The molecular weight excluding hydrogens is 289 g/mol. The van der Waals surface area contributed by atoms with E-state index in [9.17, 15) is 9.18 Å². The number of hydrogen-bond donors (Lipinski definition) is 0. The molecule has 0 bridgehead atoms. The fourth-order valence-corrected chi connectivity index (χ4v) is 2.21. The maximum atomic E-state index is 12.9. The van der Waals surface area contributed by atoms with Crippen LogP contribution < -0.4 is 0 Å². The lowest BCUT2D eigenvalue weighted by molar-refractivity contribution is -0.131. The molecule has 2 nitrogen and oxygen atoms in total. The molecule has 0 aliphatic rings. The molecule has 2 aromatic rings. The SMILES string of the molecule is CC(c1ccc(F)cc1)N(C)C(=O)Cc1ccc(Cl)cc1. The lowest BCUT2D eigenvalue weighted by atomic mass is 10.1.